The molecule has 0 bridgehead atoms. The van der Waals surface area contributed by atoms with Gasteiger partial charge in [-0.1, -0.05) is 12.2 Å². The first-order chi connectivity index (χ1) is 7.29. The van der Waals surface area contributed by atoms with Crippen LogP contribution in [-0.2, 0) is 9.53 Å². The smallest absolute Gasteiger partial charge is 0.282 e. The molecule has 1 saturated heterocycles. The van der Waals surface area contributed by atoms with Gasteiger partial charge >= 0.3 is 0 Å². The minimum atomic E-state index is -0.153. The Morgan fingerprint density at radius 1 is 1.47 bits per heavy atom. The number of hydrogen-bond acceptors (Lipinski definition) is 4. The lowest BCUT2D eigenvalue weighted by atomic mass is 10.4. The van der Waals surface area contributed by atoms with E-state index in [-0.39, 0.29) is 10.9 Å². The van der Waals surface area contributed by atoms with Gasteiger partial charge in [0.25, 0.3) is 5.91 Å². The van der Waals surface area contributed by atoms with E-state index in [1.807, 2.05) is 0 Å². The molecule has 2 rings (SSSR count). The van der Waals surface area contributed by atoms with Crippen molar-refractivity contribution < 1.29 is 9.53 Å². The first kappa shape index (κ1) is 10.3. The Labute approximate surface area is 92.6 Å². The van der Waals surface area contributed by atoms with Crippen LogP contribution >= 0.6 is 12.2 Å². The molecule has 0 N–H and O–H groups in total. The van der Waals surface area contributed by atoms with Crippen molar-refractivity contribution in [1.29, 1.82) is 0 Å². The Kier molecular flexibility index (Phi) is 3.08. The Morgan fingerprint density at radius 3 is 2.80 bits per heavy atom. The van der Waals surface area contributed by atoms with Gasteiger partial charge < -0.3 is 9.64 Å². The second kappa shape index (κ2) is 4.50. The maximum Gasteiger partial charge on any atom is 0.282 e. The van der Waals surface area contributed by atoms with Crippen LogP contribution in [-0.4, -0.2) is 51.6 Å². The second-order valence-electron chi connectivity index (χ2n) is 3.12. The van der Waals surface area contributed by atoms with Crippen molar-refractivity contribution in [2.45, 2.75) is 0 Å². The predicted octanol–water partition coefficient (Wildman–Crippen LogP) is -0.282. The summed E-state index contributed by atoms with van der Waals surface area (Å²) in [5.74, 6) is -0.153. The monoisotopic (exact) mass is 224 g/mol. The molecule has 0 saturated carbocycles. The van der Waals surface area contributed by atoms with E-state index < -0.39 is 0 Å². The third-order valence-corrected chi connectivity index (χ3v) is 2.55. The van der Waals surface area contributed by atoms with Gasteiger partial charge in [-0.05, 0) is 0 Å². The van der Waals surface area contributed by atoms with Gasteiger partial charge in [-0.3, -0.25) is 9.36 Å². The zero-order valence-corrected chi connectivity index (χ0v) is 8.87. The van der Waals surface area contributed by atoms with Crippen molar-refractivity contribution in [2.75, 3.05) is 26.3 Å². The molecule has 1 aromatic heterocycles. The largest absolute Gasteiger partial charge is 0.378 e. The summed E-state index contributed by atoms with van der Waals surface area (Å²) in [7, 11) is 0. The molecular weight excluding hydrogens is 214 g/mol. The quantitative estimate of drug-likeness (QED) is 0.569. The summed E-state index contributed by atoms with van der Waals surface area (Å²) >= 11 is 5.05. The van der Waals surface area contributed by atoms with E-state index in [1.165, 1.54) is 10.9 Å². The van der Waals surface area contributed by atoms with E-state index in [2.05, 4.69) is 11.2 Å². The SMILES string of the molecule is O=C(C(=S)n1c[c]nc1)N1CCOCC1. The molecule has 79 valence electrons. The number of hydrogen-bond donors (Lipinski definition) is 0. The molecule has 0 aliphatic carbocycles. The van der Waals surface area contributed by atoms with Gasteiger partial charge in [0.2, 0.25) is 0 Å². The fourth-order valence-corrected chi connectivity index (χ4v) is 1.58. The number of rotatable bonds is 0. The van der Waals surface area contributed by atoms with Gasteiger partial charge in [-0.15, -0.1) is 0 Å². The van der Waals surface area contributed by atoms with Crippen LogP contribution in [0.3, 0.4) is 0 Å². The predicted molar refractivity (Wildman–Crippen MR) is 56.5 cm³/mol. The molecule has 0 unspecified atom stereocenters. The molecule has 5 nitrogen and oxygen atoms in total. The Morgan fingerprint density at radius 2 is 2.20 bits per heavy atom. The summed E-state index contributed by atoms with van der Waals surface area (Å²) in [5.41, 5.74) is 0. The first-order valence-corrected chi connectivity index (χ1v) is 5.01. The molecular formula is C9H10N3O2S. The third-order valence-electron chi connectivity index (χ3n) is 2.17. The van der Waals surface area contributed by atoms with Crippen molar-refractivity contribution >= 4 is 23.1 Å². The zero-order chi connectivity index (χ0) is 10.7. The highest BCUT2D eigenvalue weighted by molar-refractivity contribution is 7.82. The number of nitrogens with zero attached hydrogens (tertiary/aromatic N) is 3. The number of aromatic nitrogens is 2. The number of thiocarbonyl (C=S) groups is 1. The minimum absolute atomic E-state index is 0.153. The zero-order valence-electron chi connectivity index (χ0n) is 8.05. The van der Waals surface area contributed by atoms with Crippen molar-refractivity contribution in [3.63, 3.8) is 0 Å². The van der Waals surface area contributed by atoms with Crippen LogP contribution in [0.1, 0.15) is 0 Å². The summed E-state index contributed by atoms with van der Waals surface area (Å²) in [5, 5.41) is 0. The number of ether oxygens (including phenoxy) is 1. The van der Waals surface area contributed by atoms with Gasteiger partial charge in [0.1, 0.15) is 12.5 Å². The topological polar surface area (TPSA) is 47.4 Å². The Bertz CT molecular complexity index is 357. The van der Waals surface area contributed by atoms with E-state index in [0.717, 1.165) is 0 Å². The molecule has 1 amide bonds. The lowest BCUT2D eigenvalue weighted by Gasteiger charge is -2.26. The maximum absolute atomic E-state index is 11.9. The third kappa shape index (κ3) is 2.21. The molecule has 1 fully saturated rings. The van der Waals surface area contributed by atoms with E-state index in [1.54, 1.807) is 11.1 Å². The highest BCUT2D eigenvalue weighted by atomic mass is 32.1. The van der Waals surface area contributed by atoms with Crippen LogP contribution in [0.15, 0.2) is 12.5 Å². The van der Waals surface area contributed by atoms with Crippen molar-refractivity contribution in [3.8, 4) is 0 Å². The molecule has 15 heavy (non-hydrogen) atoms. The van der Waals surface area contributed by atoms with Gasteiger partial charge in [0.15, 0.2) is 4.99 Å². The molecule has 1 aliphatic rings. The summed E-state index contributed by atoms with van der Waals surface area (Å²) in [6, 6.07) is 0. The number of carbonyl (C=O) groups is 1. The van der Waals surface area contributed by atoms with E-state index in [9.17, 15) is 4.79 Å². The molecule has 6 heteroatoms. The molecule has 1 aliphatic heterocycles. The Hall–Kier alpha value is -1.27. The van der Waals surface area contributed by atoms with Crippen molar-refractivity contribution in [2.24, 2.45) is 0 Å². The molecule has 0 aromatic carbocycles. The normalized spacial score (nSPS) is 16.4. The maximum atomic E-state index is 11.9. The standard InChI is InChI=1S/C9H10N3O2S/c13-8(11-3-5-14-6-4-11)9(15)12-2-1-10-7-12/h2,7H,3-6H2. The highest BCUT2D eigenvalue weighted by Gasteiger charge is 2.21. The number of imidazole rings is 1. The molecule has 1 aromatic rings. The van der Waals surface area contributed by atoms with E-state index >= 15 is 0 Å². The molecule has 0 spiro atoms. The highest BCUT2D eigenvalue weighted by Crippen LogP contribution is 2.00. The van der Waals surface area contributed by atoms with Gasteiger partial charge in [-0.25, -0.2) is 4.98 Å². The Balaban J connectivity index is 2.04. The first-order valence-electron chi connectivity index (χ1n) is 4.60. The van der Waals surface area contributed by atoms with Gasteiger partial charge in [-0.2, -0.15) is 0 Å². The van der Waals surface area contributed by atoms with Gasteiger partial charge in [0, 0.05) is 19.3 Å². The summed E-state index contributed by atoms with van der Waals surface area (Å²) in [6.07, 6.45) is 5.61. The molecule has 2 heterocycles. The number of morpholine rings is 1. The lowest BCUT2D eigenvalue weighted by Crippen LogP contribution is -2.45. The fourth-order valence-electron chi connectivity index (χ4n) is 1.35. The second-order valence-corrected chi connectivity index (χ2v) is 3.51. The van der Waals surface area contributed by atoms with Gasteiger partial charge in [0.05, 0.1) is 13.2 Å². The minimum Gasteiger partial charge on any atom is -0.378 e. The van der Waals surface area contributed by atoms with Crippen molar-refractivity contribution in [1.82, 2.24) is 14.5 Å². The number of carbonyl (C=O) groups excluding carboxylic acids is 1. The van der Waals surface area contributed by atoms with Crippen LogP contribution in [0, 0.1) is 6.20 Å². The average molecular weight is 224 g/mol. The summed E-state index contributed by atoms with van der Waals surface area (Å²) in [4.78, 5) is 17.5. The van der Waals surface area contributed by atoms with Crippen LogP contribution < -0.4 is 0 Å². The summed E-state index contributed by atoms with van der Waals surface area (Å²) in [6.45, 7) is 2.34. The van der Waals surface area contributed by atoms with E-state index in [4.69, 9.17) is 17.0 Å². The number of amides is 1. The summed E-state index contributed by atoms with van der Waals surface area (Å²) < 4.78 is 6.65. The fraction of sp³-hybridized carbons (Fsp3) is 0.444. The van der Waals surface area contributed by atoms with Crippen LogP contribution in [0.25, 0.3) is 0 Å². The van der Waals surface area contributed by atoms with Crippen molar-refractivity contribution in [3.05, 3.63) is 18.7 Å². The van der Waals surface area contributed by atoms with Crippen LogP contribution in [0.2, 0.25) is 0 Å². The van der Waals surface area contributed by atoms with Crippen LogP contribution in [0.5, 0.6) is 0 Å². The van der Waals surface area contributed by atoms with Crippen LogP contribution in [0.4, 0.5) is 0 Å². The molecule has 0 atom stereocenters. The lowest BCUT2D eigenvalue weighted by molar-refractivity contribution is -0.128. The molecule has 1 radical (unpaired) electrons. The average Bonchev–Trinajstić information content (AvgIpc) is 2.82. The van der Waals surface area contributed by atoms with E-state index in [0.29, 0.717) is 26.3 Å².